The second kappa shape index (κ2) is 5.47. The van der Waals surface area contributed by atoms with Crippen LogP contribution >= 0.6 is 0 Å². The largest absolute Gasteiger partial charge is 0.481 e. The molecule has 2 unspecified atom stereocenters. The summed E-state index contributed by atoms with van der Waals surface area (Å²) in [4.78, 5) is 10.8. The van der Waals surface area contributed by atoms with Crippen LogP contribution in [0.3, 0.4) is 0 Å². The lowest BCUT2D eigenvalue weighted by Gasteiger charge is -2.42. The van der Waals surface area contributed by atoms with Gasteiger partial charge in [-0.05, 0) is 26.2 Å². The Balaban J connectivity index is 2.72. The van der Waals surface area contributed by atoms with Crippen LogP contribution in [-0.4, -0.2) is 30.1 Å². The molecule has 0 amide bonds. The molecule has 1 N–H and O–H groups in total. The topological polar surface area (TPSA) is 55.8 Å². The van der Waals surface area contributed by atoms with E-state index in [-0.39, 0.29) is 12.3 Å². The van der Waals surface area contributed by atoms with Crippen LogP contribution in [0.5, 0.6) is 0 Å². The van der Waals surface area contributed by atoms with Gasteiger partial charge in [-0.3, -0.25) is 4.79 Å². The van der Waals surface area contributed by atoms with Crippen LogP contribution in [0.15, 0.2) is 0 Å². The minimum Gasteiger partial charge on any atom is -0.481 e. The molecule has 0 aromatic carbocycles. The molecule has 1 aliphatic rings. The third-order valence-electron chi connectivity index (χ3n) is 2.97. The molecule has 1 aliphatic heterocycles. The molecular formula is C11H20O4. The van der Waals surface area contributed by atoms with Crippen LogP contribution in [0.2, 0.25) is 0 Å². The third kappa shape index (κ3) is 2.92. The van der Waals surface area contributed by atoms with Gasteiger partial charge >= 0.3 is 5.97 Å². The first-order valence-electron chi connectivity index (χ1n) is 5.64. The molecule has 4 heteroatoms. The zero-order chi connectivity index (χ0) is 11.3. The summed E-state index contributed by atoms with van der Waals surface area (Å²) >= 11 is 0. The van der Waals surface area contributed by atoms with Crippen molar-refractivity contribution < 1.29 is 19.4 Å². The molecule has 0 spiro atoms. The van der Waals surface area contributed by atoms with Gasteiger partial charge in [0.25, 0.3) is 0 Å². The number of hydrogen-bond acceptors (Lipinski definition) is 3. The van der Waals surface area contributed by atoms with Gasteiger partial charge in [-0.1, -0.05) is 6.92 Å². The highest BCUT2D eigenvalue weighted by Gasteiger charge is 2.42. The van der Waals surface area contributed by atoms with Crippen molar-refractivity contribution in [3.63, 3.8) is 0 Å². The van der Waals surface area contributed by atoms with Crippen molar-refractivity contribution in [2.75, 3.05) is 13.2 Å². The molecule has 1 fully saturated rings. The number of carboxylic acid groups (broad SMARTS) is 1. The van der Waals surface area contributed by atoms with E-state index in [0.29, 0.717) is 19.6 Å². The van der Waals surface area contributed by atoms with Gasteiger partial charge in [0.05, 0.1) is 13.0 Å². The fraction of sp³-hybridized carbons (Fsp3) is 0.909. The summed E-state index contributed by atoms with van der Waals surface area (Å²) in [5, 5.41) is 8.85. The summed E-state index contributed by atoms with van der Waals surface area (Å²) in [6, 6.07) is 0. The maximum Gasteiger partial charge on any atom is 0.303 e. The van der Waals surface area contributed by atoms with Crippen molar-refractivity contribution in [3.05, 3.63) is 0 Å². The fourth-order valence-corrected chi connectivity index (χ4v) is 2.28. The highest BCUT2D eigenvalue weighted by molar-refractivity contribution is 5.67. The molecular weight excluding hydrogens is 196 g/mol. The standard InChI is InChI=1S/C11H20O4/c1-3-11(14-4-2)9(8-10(12)13)6-5-7-15-11/h9H,3-8H2,1-2H3,(H,12,13). The minimum absolute atomic E-state index is 0.0197. The van der Waals surface area contributed by atoms with Crippen LogP contribution in [-0.2, 0) is 14.3 Å². The van der Waals surface area contributed by atoms with Crippen LogP contribution in [0.25, 0.3) is 0 Å². The minimum atomic E-state index is -0.775. The smallest absolute Gasteiger partial charge is 0.303 e. The fourth-order valence-electron chi connectivity index (χ4n) is 2.28. The zero-order valence-corrected chi connectivity index (χ0v) is 9.49. The maximum atomic E-state index is 10.8. The van der Waals surface area contributed by atoms with Crippen molar-refractivity contribution in [3.8, 4) is 0 Å². The monoisotopic (exact) mass is 216 g/mol. The third-order valence-corrected chi connectivity index (χ3v) is 2.97. The summed E-state index contributed by atoms with van der Waals surface area (Å²) in [6.07, 6.45) is 2.64. The Labute approximate surface area is 90.6 Å². The lowest BCUT2D eigenvalue weighted by Crippen LogP contribution is -2.47. The molecule has 88 valence electrons. The van der Waals surface area contributed by atoms with E-state index in [4.69, 9.17) is 14.6 Å². The number of ether oxygens (including phenoxy) is 2. The number of carbonyl (C=O) groups is 1. The average molecular weight is 216 g/mol. The van der Waals surface area contributed by atoms with Crippen molar-refractivity contribution in [2.24, 2.45) is 5.92 Å². The average Bonchev–Trinajstić information content (AvgIpc) is 2.21. The lowest BCUT2D eigenvalue weighted by molar-refractivity contribution is -0.285. The number of aliphatic carboxylic acids is 1. The van der Waals surface area contributed by atoms with Gasteiger partial charge in [0.1, 0.15) is 0 Å². The Bertz CT molecular complexity index is 213. The predicted octanol–water partition coefficient (Wildman–Crippen LogP) is 2.03. The van der Waals surface area contributed by atoms with Gasteiger partial charge < -0.3 is 14.6 Å². The summed E-state index contributed by atoms with van der Waals surface area (Å²) < 4.78 is 11.3. The highest BCUT2D eigenvalue weighted by atomic mass is 16.7. The maximum absolute atomic E-state index is 10.8. The summed E-state index contributed by atoms with van der Waals surface area (Å²) in [7, 11) is 0. The Hall–Kier alpha value is -0.610. The van der Waals surface area contributed by atoms with Crippen molar-refractivity contribution in [2.45, 2.75) is 45.3 Å². The molecule has 2 atom stereocenters. The molecule has 0 aliphatic carbocycles. The first-order chi connectivity index (χ1) is 7.14. The molecule has 4 nitrogen and oxygen atoms in total. The summed E-state index contributed by atoms with van der Waals surface area (Å²) in [5.41, 5.74) is 0. The van der Waals surface area contributed by atoms with E-state index in [9.17, 15) is 4.79 Å². The van der Waals surface area contributed by atoms with Crippen LogP contribution in [0.4, 0.5) is 0 Å². The normalized spacial score (nSPS) is 31.5. The second-order valence-electron chi connectivity index (χ2n) is 3.88. The highest BCUT2D eigenvalue weighted by Crippen LogP contribution is 2.37. The molecule has 0 bridgehead atoms. The molecule has 1 heterocycles. The summed E-state index contributed by atoms with van der Waals surface area (Å²) in [5.74, 6) is -1.46. The Kier molecular flexibility index (Phi) is 4.54. The van der Waals surface area contributed by atoms with E-state index >= 15 is 0 Å². The molecule has 0 radical (unpaired) electrons. The SMILES string of the molecule is CCOC1(CC)OCCCC1CC(=O)O. The zero-order valence-electron chi connectivity index (χ0n) is 9.49. The lowest BCUT2D eigenvalue weighted by atomic mass is 9.86. The van der Waals surface area contributed by atoms with Crippen LogP contribution < -0.4 is 0 Å². The number of rotatable bonds is 5. The Morgan fingerprint density at radius 2 is 2.33 bits per heavy atom. The first kappa shape index (κ1) is 12.5. The quantitative estimate of drug-likeness (QED) is 0.764. The molecule has 0 aromatic rings. The van der Waals surface area contributed by atoms with Crippen LogP contribution in [0, 0.1) is 5.92 Å². The second-order valence-corrected chi connectivity index (χ2v) is 3.88. The molecule has 15 heavy (non-hydrogen) atoms. The molecule has 0 aromatic heterocycles. The van der Waals surface area contributed by atoms with Gasteiger partial charge in [-0.25, -0.2) is 0 Å². The van der Waals surface area contributed by atoms with Crippen LogP contribution in [0.1, 0.15) is 39.5 Å². The van der Waals surface area contributed by atoms with Crippen molar-refractivity contribution >= 4 is 5.97 Å². The Morgan fingerprint density at radius 1 is 1.60 bits per heavy atom. The number of carboxylic acids is 1. The number of hydrogen-bond donors (Lipinski definition) is 1. The molecule has 0 saturated carbocycles. The van der Waals surface area contributed by atoms with Gasteiger partial charge in [0.15, 0.2) is 5.79 Å². The molecule has 1 rings (SSSR count). The van der Waals surface area contributed by atoms with Gasteiger partial charge in [-0.2, -0.15) is 0 Å². The van der Waals surface area contributed by atoms with E-state index in [1.54, 1.807) is 0 Å². The van der Waals surface area contributed by atoms with E-state index in [1.165, 1.54) is 0 Å². The predicted molar refractivity (Wildman–Crippen MR) is 55.6 cm³/mol. The van der Waals surface area contributed by atoms with E-state index < -0.39 is 11.8 Å². The van der Waals surface area contributed by atoms with Crippen molar-refractivity contribution in [1.82, 2.24) is 0 Å². The first-order valence-corrected chi connectivity index (χ1v) is 5.64. The van der Waals surface area contributed by atoms with Gasteiger partial charge in [0, 0.05) is 12.5 Å². The Morgan fingerprint density at radius 3 is 2.87 bits per heavy atom. The van der Waals surface area contributed by atoms with E-state index in [0.717, 1.165) is 12.8 Å². The summed E-state index contributed by atoms with van der Waals surface area (Å²) in [6.45, 7) is 5.12. The molecule has 1 saturated heterocycles. The van der Waals surface area contributed by atoms with E-state index in [2.05, 4.69) is 0 Å². The van der Waals surface area contributed by atoms with Crippen molar-refractivity contribution in [1.29, 1.82) is 0 Å². The van der Waals surface area contributed by atoms with Gasteiger partial charge in [-0.15, -0.1) is 0 Å². The van der Waals surface area contributed by atoms with E-state index in [1.807, 2.05) is 13.8 Å². The van der Waals surface area contributed by atoms with Gasteiger partial charge in [0.2, 0.25) is 0 Å².